The zero-order chi connectivity index (χ0) is 26.5. The lowest BCUT2D eigenvalue weighted by Crippen LogP contribution is -2.48. The van der Waals surface area contributed by atoms with Gasteiger partial charge in [-0.05, 0) is 61.5 Å². The van der Waals surface area contributed by atoms with Crippen LogP contribution in [0.15, 0.2) is 72.8 Å². The van der Waals surface area contributed by atoms with Gasteiger partial charge in [-0.25, -0.2) is 13.9 Å². The SMILES string of the molecule is Cc1ccc(Oc2ccc(N(C[C@H](Nc3cccc(C(F)(F)F)c3)C(=O)NO)S(C)(=O)=O)cc2)cc1. The predicted molar refractivity (Wildman–Crippen MR) is 129 cm³/mol. The molecule has 8 nitrogen and oxygen atoms in total. The lowest BCUT2D eigenvalue weighted by atomic mass is 10.1. The van der Waals surface area contributed by atoms with Gasteiger partial charge < -0.3 is 10.1 Å². The third kappa shape index (κ3) is 7.12. The number of hydrogen-bond donors (Lipinski definition) is 3. The van der Waals surface area contributed by atoms with Gasteiger partial charge in [-0.3, -0.25) is 14.3 Å². The molecular formula is C24H24F3N3O5S. The molecule has 3 aromatic rings. The van der Waals surface area contributed by atoms with Gasteiger partial charge >= 0.3 is 6.18 Å². The molecule has 3 aromatic carbocycles. The molecule has 0 saturated heterocycles. The highest BCUT2D eigenvalue weighted by atomic mass is 32.2. The number of hydrogen-bond acceptors (Lipinski definition) is 6. The Balaban J connectivity index is 1.84. The zero-order valence-corrected chi connectivity index (χ0v) is 20.1. The summed E-state index contributed by atoms with van der Waals surface area (Å²) in [5, 5.41) is 11.7. The minimum absolute atomic E-state index is 0.0891. The van der Waals surface area contributed by atoms with E-state index in [9.17, 15) is 26.4 Å². The number of anilines is 2. The number of amides is 1. The third-order valence-electron chi connectivity index (χ3n) is 5.09. The van der Waals surface area contributed by atoms with Crippen LogP contribution in [0.25, 0.3) is 0 Å². The molecule has 0 heterocycles. The van der Waals surface area contributed by atoms with Gasteiger partial charge in [0.25, 0.3) is 5.91 Å². The first-order valence-electron chi connectivity index (χ1n) is 10.6. The third-order valence-corrected chi connectivity index (χ3v) is 6.25. The van der Waals surface area contributed by atoms with Crippen LogP contribution < -0.4 is 19.8 Å². The molecular weight excluding hydrogens is 499 g/mol. The van der Waals surface area contributed by atoms with Crippen molar-refractivity contribution in [3.63, 3.8) is 0 Å². The maximum atomic E-state index is 13.1. The smallest absolute Gasteiger partial charge is 0.416 e. The van der Waals surface area contributed by atoms with Crippen LogP contribution in [-0.4, -0.2) is 38.4 Å². The molecule has 3 rings (SSSR count). The monoisotopic (exact) mass is 523 g/mol. The average Bonchev–Trinajstić information content (AvgIpc) is 2.82. The number of sulfonamides is 1. The summed E-state index contributed by atoms with van der Waals surface area (Å²) in [6.07, 6.45) is -3.70. The van der Waals surface area contributed by atoms with Crippen molar-refractivity contribution in [1.29, 1.82) is 0 Å². The van der Waals surface area contributed by atoms with Crippen molar-refractivity contribution in [3.05, 3.63) is 83.9 Å². The number of hydroxylamine groups is 1. The lowest BCUT2D eigenvalue weighted by molar-refractivity contribution is -0.137. The van der Waals surface area contributed by atoms with E-state index in [-0.39, 0.29) is 11.4 Å². The Bertz CT molecular complexity index is 1300. The van der Waals surface area contributed by atoms with Crippen molar-refractivity contribution in [2.45, 2.75) is 19.1 Å². The summed E-state index contributed by atoms with van der Waals surface area (Å²) in [6.45, 7) is 1.41. The van der Waals surface area contributed by atoms with E-state index in [0.717, 1.165) is 34.3 Å². The van der Waals surface area contributed by atoms with Crippen molar-refractivity contribution in [2.24, 2.45) is 0 Å². The highest BCUT2D eigenvalue weighted by molar-refractivity contribution is 7.92. The van der Waals surface area contributed by atoms with Gasteiger partial charge in [0.15, 0.2) is 0 Å². The molecule has 1 amide bonds. The number of aryl methyl sites for hydroxylation is 1. The number of ether oxygens (including phenoxy) is 1. The zero-order valence-electron chi connectivity index (χ0n) is 19.3. The van der Waals surface area contributed by atoms with Crippen LogP contribution >= 0.6 is 0 Å². The second-order valence-corrected chi connectivity index (χ2v) is 9.86. The Morgan fingerprint density at radius 2 is 1.61 bits per heavy atom. The van der Waals surface area contributed by atoms with E-state index in [4.69, 9.17) is 9.94 Å². The molecule has 3 N–H and O–H groups in total. The van der Waals surface area contributed by atoms with Gasteiger partial charge in [0.2, 0.25) is 10.0 Å². The van der Waals surface area contributed by atoms with E-state index < -0.39 is 40.3 Å². The van der Waals surface area contributed by atoms with Crippen LogP contribution in [0.1, 0.15) is 11.1 Å². The minimum atomic E-state index is -4.62. The first kappa shape index (κ1) is 26.8. The molecule has 0 fully saturated rings. The molecule has 0 saturated carbocycles. The second kappa shape index (κ2) is 10.9. The molecule has 0 aliphatic rings. The number of benzene rings is 3. The standard InChI is InChI=1S/C24H24F3N3O5S/c1-16-6-10-20(11-7-16)35-21-12-8-19(9-13-21)30(36(2,33)34)15-22(23(31)29-32)28-18-5-3-4-17(14-18)24(25,26)27/h3-14,22,28,32H,15H2,1-2H3,(H,29,31)/t22-/m0/s1. The van der Waals surface area contributed by atoms with Crippen LogP contribution in [0.3, 0.4) is 0 Å². The number of nitrogens with one attached hydrogen (secondary N) is 2. The Morgan fingerprint density at radius 1 is 1.03 bits per heavy atom. The van der Waals surface area contributed by atoms with E-state index in [2.05, 4.69) is 5.32 Å². The number of rotatable bonds is 9. The van der Waals surface area contributed by atoms with Crippen LogP contribution in [0.2, 0.25) is 0 Å². The molecule has 12 heteroatoms. The Morgan fingerprint density at radius 3 is 2.14 bits per heavy atom. The van der Waals surface area contributed by atoms with Crippen molar-refractivity contribution < 1.29 is 36.3 Å². The van der Waals surface area contributed by atoms with Crippen molar-refractivity contribution >= 4 is 27.3 Å². The van der Waals surface area contributed by atoms with Gasteiger partial charge in [0, 0.05) is 5.69 Å². The summed E-state index contributed by atoms with van der Waals surface area (Å²) < 4.78 is 70.9. The molecule has 0 aromatic heterocycles. The summed E-state index contributed by atoms with van der Waals surface area (Å²) >= 11 is 0. The Kier molecular flexibility index (Phi) is 8.10. The van der Waals surface area contributed by atoms with E-state index in [1.165, 1.54) is 35.8 Å². The number of carbonyl (C=O) groups excluding carboxylic acids is 1. The molecule has 0 aliphatic heterocycles. The number of carbonyl (C=O) groups is 1. The molecule has 0 radical (unpaired) electrons. The summed E-state index contributed by atoms with van der Waals surface area (Å²) in [5.41, 5.74) is 1.60. The van der Waals surface area contributed by atoms with Crippen LogP contribution in [0, 0.1) is 6.92 Å². The molecule has 0 aliphatic carbocycles. The Labute approximate surface area is 206 Å². The van der Waals surface area contributed by atoms with Gasteiger partial charge in [0.05, 0.1) is 24.1 Å². The lowest BCUT2D eigenvalue weighted by Gasteiger charge is -2.28. The fraction of sp³-hybridized carbons (Fsp3) is 0.208. The first-order chi connectivity index (χ1) is 16.9. The number of nitrogens with zero attached hydrogens (tertiary/aromatic N) is 1. The highest BCUT2D eigenvalue weighted by Gasteiger charge is 2.31. The van der Waals surface area contributed by atoms with Crippen LogP contribution in [-0.2, 0) is 21.0 Å². The van der Waals surface area contributed by atoms with E-state index in [1.807, 2.05) is 19.1 Å². The minimum Gasteiger partial charge on any atom is -0.457 e. The number of halogens is 3. The van der Waals surface area contributed by atoms with Gasteiger partial charge in [-0.1, -0.05) is 23.8 Å². The summed E-state index contributed by atoms with van der Waals surface area (Å²) in [5.74, 6) is -0.0264. The maximum absolute atomic E-state index is 13.1. The van der Waals surface area contributed by atoms with E-state index in [0.29, 0.717) is 11.5 Å². The molecule has 0 spiro atoms. The first-order valence-corrected chi connectivity index (χ1v) is 12.4. The predicted octanol–water partition coefficient (Wildman–Crippen LogP) is 4.56. The van der Waals surface area contributed by atoms with Crippen molar-refractivity contribution in [3.8, 4) is 11.5 Å². The van der Waals surface area contributed by atoms with Gasteiger partial charge in [-0.2, -0.15) is 13.2 Å². The number of alkyl halides is 3. The Hall–Kier alpha value is -3.77. The fourth-order valence-corrected chi connectivity index (χ4v) is 4.20. The molecule has 0 unspecified atom stereocenters. The van der Waals surface area contributed by atoms with Crippen LogP contribution in [0.5, 0.6) is 11.5 Å². The second-order valence-electron chi connectivity index (χ2n) is 7.95. The molecule has 0 bridgehead atoms. The summed E-state index contributed by atoms with van der Waals surface area (Å²) in [6, 6.07) is 15.9. The summed E-state index contributed by atoms with van der Waals surface area (Å²) in [7, 11) is -3.94. The van der Waals surface area contributed by atoms with Gasteiger partial charge in [-0.15, -0.1) is 0 Å². The molecule has 192 valence electrons. The average molecular weight is 524 g/mol. The van der Waals surface area contributed by atoms with Crippen LogP contribution in [0.4, 0.5) is 24.5 Å². The van der Waals surface area contributed by atoms with Gasteiger partial charge in [0.1, 0.15) is 17.5 Å². The van der Waals surface area contributed by atoms with Crippen molar-refractivity contribution in [1.82, 2.24) is 5.48 Å². The summed E-state index contributed by atoms with van der Waals surface area (Å²) in [4.78, 5) is 12.3. The largest absolute Gasteiger partial charge is 0.457 e. The normalized spacial score (nSPS) is 12.5. The maximum Gasteiger partial charge on any atom is 0.416 e. The quantitative estimate of drug-likeness (QED) is 0.280. The highest BCUT2D eigenvalue weighted by Crippen LogP contribution is 2.31. The topological polar surface area (TPSA) is 108 Å². The van der Waals surface area contributed by atoms with Crippen molar-refractivity contribution in [2.75, 3.05) is 22.4 Å². The fourth-order valence-electron chi connectivity index (χ4n) is 3.28. The van der Waals surface area contributed by atoms with E-state index >= 15 is 0 Å². The molecule has 36 heavy (non-hydrogen) atoms. The van der Waals surface area contributed by atoms with E-state index in [1.54, 1.807) is 12.1 Å². The molecule has 1 atom stereocenters.